The molecule has 3 unspecified atom stereocenters. The maximum absolute atomic E-state index is 6.33. The van der Waals surface area contributed by atoms with Crippen molar-refractivity contribution in [1.29, 1.82) is 0 Å². The largest absolute Gasteiger partial charge is 0.486 e. The molecule has 0 amide bonds. The van der Waals surface area contributed by atoms with Gasteiger partial charge in [-0.05, 0) is 48.8 Å². The molecule has 1 aromatic rings. The van der Waals surface area contributed by atoms with Crippen LogP contribution >= 0.6 is 0 Å². The first-order valence-electron chi connectivity index (χ1n) is 7.43. The van der Waals surface area contributed by atoms with Gasteiger partial charge in [-0.1, -0.05) is 19.4 Å². The third kappa shape index (κ3) is 2.57. The lowest BCUT2D eigenvalue weighted by atomic mass is 9.74. The van der Waals surface area contributed by atoms with Crippen LogP contribution in [-0.4, -0.2) is 19.3 Å². The van der Waals surface area contributed by atoms with E-state index in [1.807, 2.05) is 6.07 Å². The number of ether oxygens (including phenoxy) is 2. The molecule has 0 bridgehead atoms. The van der Waals surface area contributed by atoms with Gasteiger partial charge >= 0.3 is 0 Å². The number of benzene rings is 1. The maximum Gasteiger partial charge on any atom is 0.161 e. The van der Waals surface area contributed by atoms with Crippen molar-refractivity contribution in [3.05, 3.63) is 23.8 Å². The van der Waals surface area contributed by atoms with Gasteiger partial charge in [0.05, 0.1) is 0 Å². The smallest absolute Gasteiger partial charge is 0.161 e. The van der Waals surface area contributed by atoms with E-state index in [2.05, 4.69) is 19.1 Å². The highest BCUT2D eigenvalue weighted by Gasteiger charge is 2.29. The highest BCUT2D eigenvalue weighted by molar-refractivity contribution is 5.45. The molecule has 104 valence electrons. The predicted octanol–water partition coefficient (Wildman–Crippen LogP) is 3.08. The van der Waals surface area contributed by atoms with E-state index in [1.165, 1.54) is 24.8 Å². The zero-order valence-electron chi connectivity index (χ0n) is 11.6. The van der Waals surface area contributed by atoms with Gasteiger partial charge in [-0.15, -0.1) is 0 Å². The Morgan fingerprint density at radius 2 is 1.95 bits per heavy atom. The Hall–Kier alpha value is -1.22. The van der Waals surface area contributed by atoms with Crippen LogP contribution in [0.1, 0.15) is 44.1 Å². The Bertz CT molecular complexity index is 446. The minimum Gasteiger partial charge on any atom is -0.486 e. The molecule has 3 nitrogen and oxygen atoms in total. The maximum atomic E-state index is 6.33. The van der Waals surface area contributed by atoms with E-state index >= 15 is 0 Å². The van der Waals surface area contributed by atoms with Crippen molar-refractivity contribution in [2.75, 3.05) is 13.2 Å². The normalized spacial score (nSPS) is 30.1. The van der Waals surface area contributed by atoms with E-state index in [4.69, 9.17) is 15.2 Å². The lowest BCUT2D eigenvalue weighted by Gasteiger charge is -2.34. The summed E-state index contributed by atoms with van der Waals surface area (Å²) in [7, 11) is 0. The van der Waals surface area contributed by atoms with Crippen molar-refractivity contribution in [2.45, 2.75) is 44.6 Å². The topological polar surface area (TPSA) is 44.5 Å². The highest BCUT2D eigenvalue weighted by atomic mass is 16.6. The molecule has 1 heterocycles. The van der Waals surface area contributed by atoms with Crippen LogP contribution in [0.2, 0.25) is 0 Å². The van der Waals surface area contributed by atoms with Crippen LogP contribution in [0.25, 0.3) is 0 Å². The molecule has 2 N–H and O–H groups in total. The molecule has 1 saturated carbocycles. The van der Waals surface area contributed by atoms with E-state index in [-0.39, 0.29) is 6.04 Å². The van der Waals surface area contributed by atoms with Gasteiger partial charge in [0, 0.05) is 6.04 Å². The summed E-state index contributed by atoms with van der Waals surface area (Å²) in [4.78, 5) is 0. The van der Waals surface area contributed by atoms with Crippen LogP contribution < -0.4 is 15.2 Å². The van der Waals surface area contributed by atoms with Crippen molar-refractivity contribution in [3.8, 4) is 11.5 Å². The van der Waals surface area contributed by atoms with Crippen molar-refractivity contribution in [3.63, 3.8) is 0 Å². The molecule has 2 aliphatic rings. The molecule has 0 saturated heterocycles. The predicted molar refractivity (Wildman–Crippen MR) is 75.8 cm³/mol. The molecule has 0 radical (unpaired) electrons. The highest BCUT2D eigenvalue weighted by Crippen LogP contribution is 2.40. The van der Waals surface area contributed by atoms with E-state index in [0.29, 0.717) is 19.1 Å². The van der Waals surface area contributed by atoms with Crippen molar-refractivity contribution in [1.82, 2.24) is 0 Å². The quantitative estimate of drug-likeness (QED) is 0.889. The second-order valence-electron chi connectivity index (χ2n) is 5.76. The number of rotatable bonds is 2. The Labute approximate surface area is 115 Å². The first-order valence-corrected chi connectivity index (χ1v) is 7.43. The molecule has 1 aliphatic heterocycles. The summed E-state index contributed by atoms with van der Waals surface area (Å²) >= 11 is 0. The van der Waals surface area contributed by atoms with Gasteiger partial charge in [0.15, 0.2) is 11.5 Å². The van der Waals surface area contributed by atoms with Crippen molar-refractivity contribution < 1.29 is 9.47 Å². The Kier molecular flexibility index (Phi) is 3.65. The van der Waals surface area contributed by atoms with E-state index in [1.54, 1.807) is 0 Å². The lowest BCUT2D eigenvalue weighted by molar-refractivity contribution is 0.171. The molecule has 1 aliphatic carbocycles. The van der Waals surface area contributed by atoms with Gasteiger partial charge in [-0.2, -0.15) is 0 Å². The Morgan fingerprint density at radius 3 is 2.74 bits per heavy atom. The standard InChI is InChI=1S/C16H23NO2/c1-2-11-3-5-14(17)13(9-11)12-4-6-15-16(10-12)19-8-7-18-15/h4,6,10-11,13-14H,2-3,5,7-9,17H2,1H3. The van der Waals surface area contributed by atoms with Gasteiger partial charge in [0.2, 0.25) is 0 Å². The van der Waals surface area contributed by atoms with E-state index < -0.39 is 0 Å². The average Bonchev–Trinajstić information content (AvgIpc) is 2.47. The van der Waals surface area contributed by atoms with Crippen LogP contribution in [-0.2, 0) is 0 Å². The minimum atomic E-state index is 0.283. The minimum absolute atomic E-state index is 0.283. The number of hydrogen-bond donors (Lipinski definition) is 1. The second kappa shape index (κ2) is 5.41. The monoisotopic (exact) mass is 261 g/mol. The molecule has 3 rings (SSSR count). The third-order valence-corrected chi connectivity index (χ3v) is 4.58. The average molecular weight is 261 g/mol. The first-order chi connectivity index (χ1) is 9.28. The molecule has 19 heavy (non-hydrogen) atoms. The van der Waals surface area contributed by atoms with Gasteiger partial charge in [0.25, 0.3) is 0 Å². The summed E-state index contributed by atoms with van der Waals surface area (Å²) in [5, 5.41) is 0. The molecular formula is C16H23NO2. The van der Waals surface area contributed by atoms with E-state index in [0.717, 1.165) is 23.8 Å². The van der Waals surface area contributed by atoms with Crippen LogP contribution in [0.3, 0.4) is 0 Å². The van der Waals surface area contributed by atoms with Crippen molar-refractivity contribution >= 4 is 0 Å². The molecule has 0 aromatic heterocycles. The van der Waals surface area contributed by atoms with Crippen LogP contribution in [0.4, 0.5) is 0 Å². The summed E-state index contributed by atoms with van der Waals surface area (Å²) < 4.78 is 11.3. The van der Waals surface area contributed by atoms with Crippen LogP contribution in [0.5, 0.6) is 11.5 Å². The fourth-order valence-electron chi connectivity index (χ4n) is 3.33. The fourth-order valence-corrected chi connectivity index (χ4v) is 3.33. The molecule has 3 atom stereocenters. The summed E-state index contributed by atoms with van der Waals surface area (Å²) in [6.45, 7) is 3.57. The zero-order valence-corrected chi connectivity index (χ0v) is 11.6. The SMILES string of the molecule is CCC1CCC(N)C(c2ccc3c(c2)OCCO3)C1. The van der Waals surface area contributed by atoms with Crippen LogP contribution in [0, 0.1) is 5.92 Å². The molecule has 1 fully saturated rings. The third-order valence-electron chi connectivity index (χ3n) is 4.58. The number of fused-ring (bicyclic) bond motifs is 1. The summed E-state index contributed by atoms with van der Waals surface area (Å²) in [5.41, 5.74) is 7.65. The number of hydrogen-bond acceptors (Lipinski definition) is 3. The van der Waals surface area contributed by atoms with Gasteiger partial charge in [-0.25, -0.2) is 0 Å². The zero-order chi connectivity index (χ0) is 13.2. The van der Waals surface area contributed by atoms with Gasteiger partial charge in [-0.3, -0.25) is 0 Å². The molecule has 1 aromatic carbocycles. The summed E-state index contributed by atoms with van der Waals surface area (Å²) in [6.07, 6.45) is 4.88. The van der Waals surface area contributed by atoms with Gasteiger partial charge < -0.3 is 15.2 Å². The summed E-state index contributed by atoms with van der Waals surface area (Å²) in [6, 6.07) is 6.62. The first kappa shape index (κ1) is 12.8. The molecular weight excluding hydrogens is 238 g/mol. The fraction of sp³-hybridized carbons (Fsp3) is 0.625. The Balaban J connectivity index is 1.84. The van der Waals surface area contributed by atoms with Gasteiger partial charge in [0.1, 0.15) is 13.2 Å². The molecule has 3 heteroatoms. The Morgan fingerprint density at radius 1 is 1.16 bits per heavy atom. The number of nitrogens with two attached hydrogens (primary N) is 1. The summed E-state index contributed by atoms with van der Waals surface area (Å²) in [5.74, 6) is 3.04. The van der Waals surface area contributed by atoms with Crippen molar-refractivity contribution in [2.24, 2.45) is 11.7 Å². The molecule has 0 spiro atoms. The van der Waals surface area contributed by atoms with E-state index in [9.17, 15) is 0 Å². The lowest BCUT2D eigenvalue weighted by Crippen LogP contribution is -2.34. The van der Waals surface area contributed by atoms with Crippen LogP contribution in [0.15, 0.2) is 18.2 Å². The second-order valence-corrected chi connectivity index (χ2v) is 5.76.